The molecule has 406 valence electrons. The molecule has 0 aromatic heterocycles. The van der Waals surface area contributed by atoms with Gasteiger partial charge in [-0.1, -0.05) is 156 Å². The molecule has 0 bridgehead atoms. The van der Waals surface area contributed by atoms with Gasteiger partial charge < -0.3 is 30.6 Å². The van der Waals surface area contributed by atoms with Gasteiger partial charge in [0.2, 0.25) is 0 Å². The second kappa shape index (κ2) is 36.7. The fourth-order valence-corrected chi connectivity index (χ4v) is 9.06. The van der Waals surface area contributed by atoms with E-state index in [1.165, 1.54) is 123 Å². The normalized spacial score (nSPS) is 11.3. The summed E-state index contributed by atoms with van der Waals surface area (Å²) in [5, 5.41) is 59.4. The number of carboxylic acid groups (broad SMARTS) is 2. The molecule has 0 radical (unpaired) electrons. The molecule has 0 saturated heterocycles. The molecular weight excluding hydrogens is 959 g/mol. The van der Waals surface area contributed by atoms with Crippen LogP contribution in [0, 0.1) is 13.8 Å². The first-order valence-electron chi connectivity index (χ1n) is 27.5. The molecule has 0 saturated carbocycles. The van der Waals surface area contributed by atoms with Crippen LogP contribution >= 0.6 is 0 Å². The van der Waals surface area contributed by atoms with Crippen molar-refractivity contribution in [2.45, 2.75) is 223 Å². The number of hydrogen-bond donors (Lipinski definition) is 4. The SMILES string of the molecule is CCCCCCCCC(=Nc1ccc(CC)c(CC)c1)C(CCCCCCCC)=Nc1ccc(CC)c(CC)c1.CCCCc1cc(O)c([O-])c(C(=O)O)c1C.CCCCc1cc(O)c([O-])c(C(=O)O)c1C.[Ni+2]. The van der Waals surface area contributed by atoms with Crippen LogP contribution in [0.15, 0.2) is 58.5 Å². The van der Waals surface area contributed by atoms with Crippen molar-refractivity contribution < 1.29 is 56.7 Å². The Morgan fingerprint density at radius 1 is 0.438 bits per heavy atom. The third kappa shape index (κ3) is 22.1. The predicted molar refractivity (Wildman–Crippen MR) is 296 cm³/mol. The van der Waals surface area contributed by atoms with Gasteiger partial charge in [-0.05, 0) is 172 Å². The van der Waals surface area contributed by atoms with Gasteiger partial charge in [-0.3, -0.25) is 9.98 Å². The van der Waals surface area contributed by atoms with Gasteiger partial charge in [0.1, 0.15) is 11.5 Å². The van der Waals surface area contributed by atoms with Crippen molar-refractivity contribution >= 4 is 34.7 Å². The van der Waals surface area contributed by atoms with Crippen LogP contribution in [-0.2, 0) is 55.0 Å². The first-order chi connectivity index (χ1) is 34.6. The van der Waals surface area contributed by atoms with Crippen LogP contribution in [0.4, 0.5) is 11.4 Å². The number of aromatic carboxylic acids is 2. The molecule has 10 nitrogen and oxygen atoms in total. The zero-order chi connectivity index (χ0) is 53.6. The summed E-state index contributed by atoms with van der Waals surface area (Å²) in [6, 6.07) is 16.4. The van der Waals surface area contributed by atoms with E-state index in [-0.39, 0.29) is 27.6 Å². The molecule has 0 atom stereocenters. The van der Waals surface area contributed by atoms with E-state index in [1.54, 1.807) is 13.8 Å². The average Bonchev–Trinajstić information content (AvgIpc) is 3.36. The molecule has 0 aliphatic carbocycles. The number of rotatable bonds is 29. The van der Waals surface area contributed by atoms with Gasteiger partial charge in [0, 0.05) is 0 Å². The van der Waals surface area contributed by atoms with Gasteiger partial charge in [0.25, 0.3) is 0 Å². The summed E-state index contributed by atoms with van der Waals surface area (Å²) in [5.74, 6) is -5.12. The molecule has 4 N–H and O–H groups in total. The summed E-state index contributed by atoms with van der Waals surface area (Å²) >= 11 is 0. The Balaban J connectivity index is 0.000000658. The number of benzene rings is 4. The van der Waals surface area contributed by atoms with E-state index in [2.05, 4.69) is 77.9 Å². The summed E-state index contributed by atoms with van der Waals surface area (Å²) in [7, 11) is 0. The van der Waals surface area contributed by atoms with Crippen LogP contribution in [0.2, 0.25) is 0 Å². The van der Waals surface area contributed by atoms with Crippen molar-refractivity contribution in [2.75, 3.05) is 0 Å². The van der Waals surface area contributed by atoms with E-state index in [0.29, 0.717) is 24.0 Å². The minimum atomic E-state index is -1.28. The van der Waals surface area contributed by atoms with Crippen molar-refractivity contribution in [1.82, 2.24) is 0 Å². The average molecular weight is 1050 g/mol. The Hall–Kier alpha value is -5.15. The predicted octanol–water partition coefficient (Wildman–Crippen LogP) is 15.9. The van der Waals surface area contributed by atoms with E-state index < -0.39 is 34.9 Å². The van der Waals surface area contributed by atoms with Crippen molar-refractivity contribution in [1.29, 1.82) is 0 Å². The van der Waals surface area contributed by atoms with Gasteiger partial charge in [0.05, 0.1) is 33.9 Å². The number of phenols is 2. The Morgan fingerprint density at radius 3 is 1.05 bits per heavy atom. The number of unbranched alkanes of at least 4 members (excludes halogenated alkanes) is 12. The molecule has 0 fully saturated rings. The van der Waals surface area contributed by atoms with Crippen molar-refractivity contribution in [3.8, 4) is 23.0 Å². The van der Waals surface area contributed by atoms with Gasteiger partial charge in [0.15, 0.2) is 0 Å². The molecule has 0 amide bonds. The summed E-state index contributed by atoms with van der Waals surface area (Å²) in [6.45, 7) is 20.9. The Bertz CT molecular complexity index is 2190. The first-order valence-corrected chi connectivity index (χ1v) is 27.5. The minimum absolute atomic E-state index is 0. The van der Waals surface area contributed by atoms with E-state index in [1.807, 2.05) is 13.8 Å². The molecule has 0 aliphatic rings. The number of aryl methyl sites for hydroxylation is 6. The van der Waals surface area contributed by atoms with Crippen LogP contribution in [0.1, 0.15) is 236 Å². The van der Waals surface area contributed by atoms with Crippen LogP contribution in [0.5, 0.6) is 23.0 Å². The summed E-state index contributed by atoms with van der Waals surface area (Å²) < 4.78 is 0. The minimum Gasteiger partial charge on any atom is -0.869 e. The standard InChI is InChI=1S/C38H60N2.2C12H16O4.Ni/c1-7-13-15-17-19-21-23-37(39-35-27-25-31(9-3)33(11-5)29-35)38(24-22-20-18-16-14-8-2)40-36-28-26-32(10-4)34(12-6)30-36;2*1-3-4-5-8-6-9(13)11(14)10(7(8)2)12(15)16;/h25-30H,7-24H2,1-6H3;2*6,13-14H,3-5H2,1-2H3,(H,15,16);/q;;;+2/p-2. The molecule has 4 aromatic rings. The Kier molecular flexibility index (Phi) is 33.1. The number of carbonyl (C=O) groups is 2. The molecule has 11 heteroatoms. The monoisotopic (exact) mass is 1050 g/mol. The van der Waals surface area contributed by atoms with Crippen LogP contribution in [-0.4, -0.2) is 43.8 Å². The van der Waals surface area contributed by atoms with Gasteiger partial charge in [-0.2, -0.15) is 0 Å². The zero-order valence-corrected chi connectivity index (χ0v) is 47.2. The van der Waals surface area contributed by atoms with E-state index in [4.69, 9.17) is 20.2 Å². The Morgan fingerprint density at radius 2 is 0.753 bits per heavy atom. The number of phenolic OH excluding ortho intramolecular Hbond substituents is 2. The van der Waals surface area contributed by atoms with E-state index in [9.17, 15) is 30.0 Å². The first kappa shape index (κ1) is 65.9. The molecular formula is C62H90N2NiO8. The van der Waals surface area contributed by atoms with E-state index in [0.717, 1.165) is 86.7 Å². The molecule has 0 heterocycles. The van der Waals surface area contributed by atoms with Gasteiger partial charge in [-0.15, -0.1) is 0 Å². The molecule has 4 rings (SSSR count). The molecule has 0 spiro atoms. The number of aromatic hydroxyl groups is 2. The topological polar surface area (TPSA) is 186 Å². The van der Waals surface area contributed by atoms with Crippen molar-refractivity contribution in [3.05, 3.63) is 104 Å². The molecule has 73 heavy (non-hydrogen) atoms. The maximum atomic E-state index is 11.4. The maximum Gasteiger partial charge on any atom is 2.00 e. The van der Waals surface area contributed by atoms with Crippen molar-refractivity contribution in [3.63, 3.8) is 0 Å². The number of aliphatic imine (C=N–C) groups is 2. The molecule has 0 unspecified atom stereocenters. The van der Waals surface area contributed by atoms with Crippen LogP contribution in [0.3, 0.4) is 0 Å². The zero-order valence-electron chi connectivity index (χ0n) is 46.2. The summed E-state index contributed by atoms with van der Waals surface area (Å²) in [4.78, 5) is 32.5. The smallest absolute Gasteiger partial charge is 0.869 e. The fourth-order valence-electron chi connectivity index (χ4n) is 9.06. The molecule has 0 aliphatic heterocycles. The number of hydrogen-bond acceptors (Lipinski definition) is 8. The maximum absolute atomic E-state index is 11.4. The number of carboxylic acids is 2. The van der Waals surface area contributed by atoms with Crippen molar-refractivity contribution in [2.24, 2.45) is 9.98 Å². The van der Waals surface area contributed by atoms with Crippen LogP contribution in [0.25, 0.3) is 0 Å². The Labute approximate surface area is 449 Å². The summed E-state index contributed by atoms with van der Waals surface area (Å²) in [6.07, 6.45) is 27.0. The molecule has 4 aromatic carbocycles. The largest absolute Gasteiger partial charge is 2.00 e. The van der Waals surface area contributed by atoms with Crippen LogP contribution < -0.4 is 10.2 Å². The quantitative estimate of drug-likeness (QED) is 0.0235. The van der Waals surface area contributed by atoms with Gasteiger partial charge >= 0.3 is 28.4 Å². The summed E-state index contributed by atoms with van der Waals surface area (Å²) in [5.41, 5.74) is 12.1. The van der Waals surface area contributed by atoms with E-state index >= 15 is 0 Å². The van der Waals surface area contributed by atoms with Gasteiger partial charge in [-0.25, -0.2) is 9.59 Å². The third-order valence-electron chi connectivity index (χ3n) is 13.6. The second-order valence-corrected chi connectivity index (χ2v) is 19.1. The fraction of sp³-hybridized carbons (Fsp3) is 0.548. The number of nitrogens with zero attached hydrogens (tertiary/aromatic N) is 2. The third-order valence-corrected chi connectivity index (χ3v) is 13.6. The second-order valence-electron chi connectivity index (χ2n) is 19.1.